The minimum Gasteiger partial charge on any atom is -0.390 e. The average molecular weight is 254 g/mol. The fourth-order valence-electron chi connectivity index (χ4n) is 4.50. The van der Waals surface area contributed by atoms with Crippen molar-refractivity contribution >= 4 is 5.78 Å². The van der Waals surface area contributed by atoms with Crippen LogP contribution in [0.4, 0.5) is 0 Å². The lowest BCUT2D eigenvalue weighted by molar-refractivity contribution is -0.152. The number of aliphatic hydroxyl groups is 2. The molecule has 4 atom stereocenters. The summed E-state index contributed by atoms with van der Waals surface area (Å²) in [4.78, 5) is 12.2. The minimum atomic E-state index is -0.769. The third-order valence-corrected chi connectivity index (χ3v) is 5.12. The molecule has 0 amide bonds. The van der Waals surface area contributed by atoms with Gasteiger partial charge in [-0.05, 0) is 52.4 Å². The summed E-state index contributed by atoms with van der Waals surface area (Å²) in [5.41, 5.74) is -1.88. The molecule has 0 aromatic heterocycles. The van der Waals surface area contributed by atoms with Crippen molar-refractivity contribution in [3.05, 3.63) is 0 Å². The molecule has 0 unspecified atom stereocenters. The molecule has 0 aromatic rings. The number of Topliss-reactive ketones (excluding diaryl/α,β-unsaturated/α-hetero) is 1. The first kappa shape index (κ1) is 14.0. The number of fused-ring (bicyclic) bond motifs is 1. The van der Waals surface area contributed by atoms with Crippen molar-refractivity contribution in [2.75, 3.05) is 0 Å². The van der Waals surface area contributed by atoms with Crippen molar-refractivity contribution in [3.8, 4) is 0 Å². The molecule has 0 spiro atoms. The molecule has 2 aliphatic carbocycles. The number of hydrogen-bond donors (Lipinski definition) is 2. The molecule has 2 rings (SSSR count). The molecule has 2 saturated carbocycles. The molecule has 2 fully saturated rings. The number of carbonyl (C=O) groups excluding carboxylic acids is 1. The van der Waals surface area contributed by atoms with Gasteiger partial charge in [-0.25, -0.2) is 0 Å². The molecular formula is C15H26O3. The third kappa shape index (κ3) is 2.23. The zero-order valence-electron chi connectivity index (χ0n) is 12.0. The van der Waals surface area contributed by atoms with Gasteiger partial charge < -0.3 is 10.2 Å². The van der Waals surface area contributed by atoms with E-state index in [4.69, 9.17) is 0 Å². The second kappa shape index (κ2) is 4.04. The smallest absolute Gasteiger partial charge is 0.139 e. The second-order valence-electron chi connectivity index (χ2n) is 7.49. The molecule has 0 heterocycles. The van der Waals surface area contributed by atoms with Crippen LogP contribution in [0.15, 0.2) is 0 Å². The number of hydrogen-bond acceptors (Lipinski definition) is 3. The van der Waals surface area contributed by atoms with Gasteiger partial charge in [0.1, 0.15) is 5.78 Å². The Bertz CT molecular complexity index is 353. The first-order valence-corrected chi connectivity index (χ1v) is 7.04. The van der Waals surface area contributed by atoms with Gasteiger partial charge in [-0.15, -0.1) is 0 Å². The molecular weight excluding hydrogens is 228 g/mol. The van der Waals surface area contributed by atoms with Crippen LogP contribution in [0.25, 0.3) is 0 Å². The van der Waals surface area contributed by atoms with Gasteiger partial charge in [-0.3, -0.25) is 4.79 Å². The summed E-state index contributed by atoms with van der Waals surface area (Å²) in [6, 6.07) is 0. The summed E-state index contributed by atoms with van der Waals surface area (Å²) in [6.07, 6.45) is 3.51. The Balaban J connectivity index is 2.30. The Kier molecular flexibility index (Phi) is 3.14. The van der Waals surface area contributed by atoms with Crippen molar-refractivity contribution in [2.24, 2.45) is 17.3 Å². The maximum atomic E-state index is 12.2. The summed E-state index contributed by atoms with van der Waals surface area (Å²) >= 11 is 0. The van der Waals surface area contributed by atoms with Crippen LogP contribution >= 0.6 is 0 Å². The zero-order valence-corrected chi connectivity index (χ0v) is 12.0. The van der Waals surface area contributed by atoms with E-state index in [9.17, 15) is 15.0 Å². The van der Waals surface area contributed by atoms with Crippen molar-refractivity contribution in [1.29, 1.82) is 0 Å². The summed E-state index contributed by atoms with van der Waals surface area (Å²) in [5.74, 6) is 0.546. The average Bonchev–Trinajstić information content (AvgIpc) is 2.51. The van der Waals surface area contributed by atoms with Gasteiger partial charge in [0.15, 0.2) is 0 Å². The number of carbonyl (C=O) groups is 1. The molecule has 0 radical (unpaired) electrons. The molecule has 0 bridgehead atoms. The SMILES string of the molecule is CC(C)(O)C[C@H]1CC[C@@]2(C)C(=O)CC[C@](C)(O)[C@H]12. The van der Waals surface area contributed by atoms with Gasteiger partial charge in [0.2, 0.25) is 0 Å². The molecule has 0 aliphatic heterocycles. The summed E-state index contributed by atoms with van der Waals surface area (Å²) in [5, 5.41) is 20.7. The van der Waals surface area contributed by atoms with Crippen molar-refractivity contribution in [1.82, 2.24) is 0 Å². The topological polar surface area (TPSA) is 57.5 Å². The fraction of sp³-hybridized carbons (Fsp3) is 0.933. The van der Waals surface area contributed by atoms with E-state index < -0.39 is 11.2 Å². The van der Waals surface area contributed by atoms with Gasteiger partial charge in [0.25, 0.3) is 0 Å². The minimum absolute atomic E-state index is 0.00215. The van der Waals surface area contributed by atoms with Crippen LogP contribution in [0.1, 0.15) is 59.8 Å². The van der Waals surface area contributed by atoms with E-state index in [2.05, 4.69) is 0 Å². The van der Waals surface area contributed by atoms with Crippen molar-refractivity contribution < 1.29 is 15.0 Å². The van der Waals surface area contributed by atoms with Gasteiger partial charge in [-0.2, -0.15) is 0 Å². The Morgan fingerprint density at radius 2 is 1.94 bits per heavy atom. The van der Waals surface area contributed by atoms with Crippen LogP contribution in [0.5, 0.6) is 0 Å². The van der Waals surface area contributed by atoms with Crippen LogP contribution < -0.4 is 0 Å². The molecule has 0 aromatic carbocycles. The largest absolute Gasteiger partial charge is 0.390 e. The van der Waals surface area contributed by atoms with Gasteiger partial charge in [0, 0.05) is 17.8 Å². The van der Waals surface area contributed by atoms with Crippen LogP contribution in [0.2, 0.25) is 0 Å². The van der Waals surface area contributed by atoms with E-state index in [-0.39, 0.29) is 17.3 Å². The highest BCUT2D eigenvalue weighted by molar-refractivity contribution is 5.86. The van der Waals surface area contributed by atoms with Gasteiger partial charge in [0.05, 0.1) is 11.2 Å². The normalized spacial score (nSPS) is 45.1. The van der Waals surface area contributed by atoms with Gasteiger partial charge in [-0.1, -0.05) is 6.92 Å². The quantitative estimate of drug-likeness (QED) is 0.795. The Morgan fingerprint density at radius 1 is 1.33 bits per heavy atom. The Morgan fingerprint density at radius 3 is 2.50 bits per heavy atom. The van der Waals surface area contributed by atoms with Crippen LogP contribution in [-0.2, 0) is 4.79 Å². The lowest BCUT2D eigenvalue weighted by Crippen LogP contribution is -2.53. The lowest BCUT2D eigenvalue weighted by atomic mass is 9.59. The number of rotatable bonds is 2. The maximum Gasteiger partial charge on any atom is 0.139 e. The fourth-order valence-corrected chi connectivity index (χ4v) is 4.50. The Labute approximate surface area is 110 Å². The van der Waals surface area contributed by atoms with Crippen LogP contribution in [0.3, 0.4) is 0 Å². The van der Waals surface area contributed by atoms with Crippen molar-refractivity contribution in [2.45, 2.75) is 71.0 Å². The van der Waals surface area contributed by atoms with Gasteiger partial charge >= 0.3 is 0 Å². The van der Waals surface area contributed by atoms with E-state index in [1.54, 1.807) is 0 Å². The van der Waals surface area contributed by atoms with E-state index in [0.29, 0.717) is 25.0 Å². The standard InChI is InChI=1S/C15H26O3/c1-13(2,17)9-10-5-7-14(3)11(16)6-8-15(4,18)12(10)14/h10,12,17-18H,5-9H2,1-4H3/t10-,12-,14+,15+/m1/s1. The summed E-state index contributed by atoms with van der Waals surface area (Å²) < 4.78 is 0. The Hall–Kier alpha value is -0.410. The second-order valence-corrected chi connectivity index (χ2v) is 7.49. The maximum absolute atomic E-state index is 12.2. The first-order chi connectivity index (χ1) is 8.06. The summed E-state index contributed by atoms with van der Waals surface area (Å²) in [7, 11) is 0. The van der Waals surface area contributed by atoms with Crippen LogP contribution in [-0.4, -0.2) is 27.2 Å². The lowest BCUT2D eigenvalue weighted by Gasteiger charge is -2.47. The highest BCUT2D eigenvalue weighted by Crippen LogP contribution is 2.58. The van der Waals surface area contributed by atoms with E-state index >= 15 is 0 Å². The third-order valence-electron chi connectivity index (χ3n) is 5.12. The molecule has 2 aliphatic rings. The first-order valence-electron chi connectivity index (χ1n) is 7.04. The zero-order chi connectivity index (χ0) is 13.8. The molecule has 2 N–H and O–H groups in total. The number of ketones is 1. The molecule has 18 heavy (non-hydrogen) atoms. The highest BCUT2D eigenvalue weighted by atomic mass is 16.3. The van der Waals surface area contributed by atoms with E-state index in [1.807, 2.05) is 27.7 Å². The summed E-state index contributed by atoms with van der Waals surface area (Å²) in [6.45, 7) is 7.49. The molecule has 104 valence electrons. The predicted octanol–water partition coefficient (Wildman–Crippen LogP) is 2.29. The molecule has 3 heteroatoms. The predicted molar refractivity (Wildman–Crippen MR) is 70.1 cm³/mol. The monoisotopic (exact) mass is 254 g/mol. The van der Waals surface area contributed by atoms with Crippen molar-refractivity contribution in [3.63, 3.8) is 0 Å². The molecule has 0 saturated heterocycles. The van der Waals surface area contributed by atoms with E-state index in [1.165, 1.54) is 0 Å². The van der Waals surface area contributed by atoms with E-state index in [0.717, 1.165) is 12.8 Å². The highest BCUT2D eigenvalue weighted by Gasteiger charge is 2.59. The van der Waals surface area contributed by atoms with Crippen LogP contribution in [0, 0.1) is 17.3 Å². The molecule has 3 nitrogen and oxygen atoms in total.